The molecule has 0 saturated heterocycles. The van der Waals surface area contributed by atoms with Crippen molar-refractivity contribution in [3.63, 3.8) is 0 Å². The van der Waals surface area contributed by atoms with Gasteiger partial charge >= 0.3 is 0 Å². The second-order valence-electron chi connectivity index (χ2n) is 6.53. The van der Waals surface area contributed by atoms with Crippen LogP contribution in [0.15, 0.2) is 42.5 Å². The number of rotatable bonds is 5. The standard InChI is InChI=1S/C20H19ClN2O3/c1-11-6-7-15(9-18(11)21)23-20(26)17-10-16(17)19(25)22-14-5-3-4-13(8-14)12(2)24/h3-9,16-17H,10H2,1-2H3,(H,22,25)(H,23,26). The van der Waals surface area contributed by atoms with E-state index in [4.69, 9.17) is 11.6 Å². The predicted molar refractivity (Wildman–Crippen MR) is 101 cm³/mol. The monoisotopic (exact) mass is 370 g/mol. The van der Waals surface area contributed by atoms with Crippen LogP contribution in [0.2, 0.25) is 5.02 Å². The number of amides is 2. The molecule has 5 nitrogen and oxygen atoms in total. The maximum absolute atomic E-state index is 12.3. The molecule has 0 aromatic heterocycles. The van der Waals surface area contributed by atoms with Crippen molar-refractivity contribution in [3.05, 3.63) is 58.6 Å². The van der Waals surface area contributed by atoms with E-state index < -0.39 is 0 Å². The van der Waals surface area contributed by atoms with E-state index in [1.807, 2.05) is 13.0 Å². The number of benzene rings is 2. The van der Waals surface area contributed by atoms with Crippen LogP contribution in [0.4, 0.5) is 11.4 Å². The van der Waals surface area contributed by atoms with Crippen LogP contribution in [0.5, 0.6) is 0 Å². The third kappa shape index (κ3) is 4.11. The topological polar surface area (TPSA) is 75.3 Å². The molecular formula is C20H19ClN2O3. The lowest BCUT2D eigenvalue weighted by Gasteiger charge is -2.08. The summed E-state index contributed by atoms with van der Waals surface area (Å²) in [5, 5.41) is 6.15. The zero-order valence-electron chi connectivity index (χ0n) is 14.5. The maximum Gasteiger partial charge on any atom is 0.228 e. The molecule has 0 radical (unpaired) electrons. The van der Waals surface area contributed by atoms with Crippen LogP contribution in [0, 0.1) is 18.8 Å². The highest BCUT2D eigenvalue weighted by Crippen LogP contribution is 2.40. The fourth-order valence-corrected chi connectivity index (χ4v) is 2.91. The quantitative estimate of drug-likeness (QED) is 0.779. The number of halogens is 1. The largest absolute Gasteiger partial charge is 0.326 e. The summed E-state index contributed by atoms with van der Waals surface area (Å²) < 4.78 is 0. The van der Waals surface area contributed by atoms with E-state index in [-0.39, 0.29) is 29.4 Å². The number of ketones is 1. The Morgan fingerprint density at radius 3 is 2.15 bits per heavy atom. The van der Waals surface area contributed by atoms with Crippen molar-refractivity contribution >= 4 is 40.6 Å². The third-order valence-corrected chi connectivity index (χ3v) is 4.85. The first-order valence-corrected chi connectivity index (χ1v) is 8.72. The van der Waals surface area contributed by atoms with E-state index in [9.17, 15) is 14.4 Å². The highest BCUT2D eigenvalue weighted by Gasteiger charge is 2.48. The minimum Gasteiger partial charge on any atom is -0.326 e. The number of hydrogen-bond donors (Lipinski definition) is 2. The fraction of sp³-hybridized carbons (Fsp3) is 0.250. The fourth-order valence-electron chi connectivity index (χ4n) is 2.73. The Kier molecular flexibility index (Phi) is 5.09. The van der Waals surface area contributed by atoms with Gasteiger partial charge in [-0.3, -0.25) is 14.4 Å². The molecule has 0 spiro atoms. The van der Waals surface area contributed by atoms with Crippen molar-refractivity contribution in [2.24, 2.45) is 11.8 Å². The molecule has 1 aliphatic rings. The summed E-state index contributed by atoms with van der Waals surface area (Å²) in [7, 11) is 0. The lowest BCUT2D eigenvalue weighted by Crippen LogP contribution is -2.20. The van der Waals surface area contributed by atoms with Crippen molar-refractivity contribution < 1.29 is 14.4 Å². The Balaban J connectivity index is 1.58. The Morgan fingerprint density at radius 2 is 1.58 bits per heavy atom. The summed E-state index contributed by atoms with van der Waals surface area (Å²) in [6, 6.07) is 12.1. The second kappa shape index (κ2) is 7.30. The first-order chi connectivity index (χ1) is 12.3. The number of aryl methyl sites for hydroxylation is 1. The molecule has 134 valence electrons. The van der Waals surface area contributed by atoms with Crippen LogP contribution >= 0.6 is 11.6 Å². The molecule has 1 fully saturated rings. The average molecular weight is 371 g/mol. The molecule has 0 aliphatic heterocycles. The number of Topliss-reactive ketones (excluding diaryl/α,β-unsaturated/α-hetero) is 1. The molecule has 6 heteroatoms. The molecule has 2 aromatic rings. The van der Waals surface area contributed by atoms with E-state index >= 15 is 0 Å². The minimum atomic E-state index is -0.364. The van der Waals surface area contributed by atoms with E-state index in [1.54, 1.807) is 36.4 Å². The van der Waals surface area contributed by atoms with E-state index in [1.165, 1.54) is 6.92 Å². The van der Waals surface area contributed by atoms with Crippen LogP contribution in [0.3, 0.4) is 0 Å². The molecule has 2 atom stereocenters. The van der Waals surface area contributed by atoms with Gasteiger partial charge < -0.3 is 10.6 Å². The van der Waals surface area contributed by atoms with Crippen LogP contribution in [-0.4, -0.2) is 17.6 Å². The molecule has 2 amide bonds. The van der Waals surface area contributed by atoms with Gasteiger partial charge in [-0.2, -0.15) is 0 Å². The van der Waals surface area contributed by atoms with Crippen molar-refractivity contribution in [1.29, 1.82) is 0 Å². The molecule has 3 rings (SSSR count). The van der Waals surface area contributed by atoms with Gasteiger partial charge in [-0.05, 0) is 50.1 Å². The smallest absolute Gasteiger partial charge is 0.228 e. The molecule has 2 unspecified atom stereocenters. The summed E-state index contributed by atoms with van der Waals surface area (Å²) in [6.45, 7) is 3.36. The van der Waals surface area contributed by atoms with Gasteiger partial charge in [-0.1, -0.05) is 29.8 Å². The number of anilines is 2. The van der Waals surface area contributed by atoms with E-state index in [0.717, 1.165) is 5.56 Å². The Labute approximate surface area is 156 Å². The van der Waals surface area contributed by atoms with Crippen LogP contribution in [-0.2, 0) is 9.59 Å². The molecule has 1 saturated carbocycles. The molecule has 0 bridgehead atoms. The van der Waals surface area contributed by atoms with Crippen molar-refractivity contribution in [2.45, 2.75) is 20.3 Å². The van der Waals surface area contributed by atoms with Gasteiger partial charge in [0.2, 0.25) is 11.8 Å². The van der Waals surface area contributed by atoms with Gasteiger partial charge in [-0.25, -0.2) is 0 Å². The number of hydrogen-bond acceptors (Lipinski definition) is 3. The van der Waals surface area contributed by atoms with Crippen molar-refractivity contribution in [3.8, 4) is 0 Å². The summed E-state index contributed by atoms with van der Waals surface area (Å²) in [4.78, 5) is 36.0. The Hall–Kier alpha value is -2.66. The van der Waals surface area contributed by atoms with Crippen molar-refractivity contribution in [2.75, 3.05) is 10.6 Å². The van der Waals surface area contributed by atoms with E-state index in [0.29, 0.717) is 28.4 Å². The van der Waals surface area contributed by atoms with Gasteiger partial charge in [0, 0.05) is 22.0 Å². The van der Waals surface area contributed by atoms with Crippen LogP contribution in [0.25, 0.3) is 0 Å². The minimum absolute atomic E-state index is 0.0680. The summed E-state index contributed by atoms with van der Waals surface area (Å²) >= 11 is 6.06. The highest BCUT2D eigenvalue weighted by atomic mass is 35.5. The van der Waals surface area contributed by atoms with Crippen molar-refractivity contribution in [1.82, 2.24) is 0 Å². The summed E-state index contributed by atoms with van der Waals surface area (Å²) in [6.07, 6.45) is 0.504. The predicted octanol–water partition coefficient (Wildman–Crippen LogP) is 4.06. The maximum atomic E-state index is 12.3. The number of carbonyl (C=O) groups excluding carboxylic acids is 3. The van der Waals surface area contributed by atoms with Gasteiger partial charge in [0.1, 0.15) is 0 Å². The lowest BCUT2D eigenvalue weighted by atomic mass is 10.1. The molecule has 26 heavy (non-hydrogen) atoms. The molecular weight excluding hydrogens is 352 g/mol. The average Bonchev–Trinajstić information content (AvgIpc) is 3.39. The molecule has 2 N–H and O–H groups in total. The van der Waals surface area contributed by atoms with Crippen LogP contribution < -0.4 is 10.6 Å². The number of nitrogens with one attached hydrogen (secondary N) is 2. The summed E-state index contributed by atoms with van der Waals surface area (Å²) in [5.41, 5.74) is 2.63. The molecule has 2 aromatic carbocycles. The van der Waals surface area contributed by atoms with Gasteiger partial charge in [0.05, 0.1) is 11.8 Å². The lowest BCUT2D eigenvalue weighted by molar-refractivity contribution is -0.122. The Bertz CT molecular complexity index is 894. The molecule has 0 heterocycles. The third-order valence-electron chi connectivity index (χ3n) is 4.44. The normalized spacial score (nSPS) is 18.1. The molecule has 1 aliphatic carbocycles. The van der Waals surface area contributed by atoms with Crippen LogP contribution in [0.1, 0.15) is 29.3 Å². The van der Waals surface area contributed by atoms with Gasteiger partial charge in [-0.15, -0.1) is 0 Å². The summed E-state index contributed by atoms with van der Waals surface area (Å²) in [5.74, 6) is -1.19. The first kappa shape index (κ1) is 18.1. The Morgan fingerprint density at radius 1 is 0.962 bits per heavy atom. The number of carbonyl (C=O) groups is 3. The first-order valence-electron chi connectivity index (χ1n) is 8.34. The highest BCUT2D eigenvalue weighted by molar-refractivity contribution is 6.31. The second-order valence-corrected chi connectivity index (χ2v) is 6.94. The zero-order chi connectivity index (χ0) is 18.8. The van der Waals surface area contributed by atoms with E-state index in [2.05, 4.69) is 10.6 Å². The zero-order valence-corrected chi connectivity index (χ0v) is 15.3. The SMILES string of the molecule is CC(=O)c1cccc(NC(=O)C2CC2C(=O)Nc2ccc(C)c(Cl)c2)c1. The van der Waals surface area contributed by atoms with Gasteiger partial charge in [0.25, 0.3) is 0 Å². The van der Waals surface area contributed by atoms with Gasteiger partial charge in [0.15, 0.2) is 5.78 Å².